The number of fused-ring (bicyclic) bond motifs is 1. The second kappa shape index (κ2) is 12.9. The van der Waals surface area contributed by atoms with Gasteiger partial charge >= 0.3 is 6.03 Å². The van der Waals surface area contributed by atoms with Gasteiger partial charge < -0.3 is 9.80 Å². The number of amides is 3. The summed E-state index contributed by atoms with van der Waals surface area (Å²) in [5.74, 6) is 0.566. The summed E-state index contributed by atoms with van der Waals surface area (Å²) in [7, 11) is 1.71. The lowest BCUT2D eigenvalue weighted by atomic mass is 10.1. The van der Waals surface area contributed by atoms with Gasteiger partial charge in [-0.05, 0) is 12.0 Å². The van der Waals surface area contributed by atoms with Crippen molar-refractivity contribution in [1.82, 2.24) is 15.1 Å². The lowest BCUT2D eigenvalue weighted by Gasteiger charge is -2.36. The number of unbranched alkanes of at least 4 members (excludes halogenated alkanes) is 9. The highest BCUT2D eigenvalue weighted by atomic mass is 32.2. The summed E-state index contributed by atoms with van der Waals surface area (Å²) in [6.07, 6.45) is 12.4. The van der Waals surface area contributed by atoms with Crippen LogP contribution in [0.1, 0.15) is 76.7 Å². The molecule has 7 heteroatoms. The number of imide groups is 1. The molecule has 3 rings (SSSR count). The number of benzene rings is 1. The first-order valence-electron chi connectivity index (χ1n) is 12.2. The van der Waals surface area contributed by atoms with Gasteiger partial charge in [-0.25, -0.2) is 9.79 Å². The van der Waals surface area contributed by atoms with Crippen LogP contribution in [0.15, 0.2) is 35.3 Å². The molecule has 0 bridgehead atoms. The molecule has 1 fully saturated rings. The Hall–Kier alpha value is -2.02. The van der Waals surface area contributed by atoms with E-state index in [0.717, 1.165) is 30.3 Å². The molecule has 1 aromatic rings. The van der Waals surface area contributed by atoms with E-state index in [2.05, 4.69) is 29.3 Å². The average Bonchev–Trinajstić information content (AvgIpc) is 3.17. The maximum absolute atomic E-state index is 12.7. The van der Waals surface area contributed by atoms with Crippen LogP contribution in [0.5, 0.6) is 0 Å². The number of carbonyl (C=O) groups is 2. The van der Waals surface area contributed by atoms with Crippen LogP contribution in [0.3, 0.4) is 0 Å². The van der Waals surface area contributed by atoms with Crippen molar-refractivity contribution >= 4 is 28.9 Å². The normalized spacial score (nSPS) is 20.4. The van der Waals surface area contributed by atoms with Crippen molar-refractivity contribution in [2.24, 2.45) is 4.99 Å². The summed E-state index contributed by atoms with van der Waals surface area (Å²) in [6, 6.07) is 9.50. The van der Waals surface area contributed by atoms with Crippen LogP contribution in [0.4, 0.5) is 4.79 Å². The Morgan fingerprint density at radius 3 is 2.22 bits per heavy atom. The molecule has 0 saturated carbocycles. The third-order valence-electron chi connectivity index (χ3n) is 6.29. The van der Waals surface area contributed by atoms with Gasteiger partial charge in [-0.3, -0.25) is 10.1 Å². The molecule has 3 amide bonds. The first-order valence-corrected chi connectivity index (χ1v) is 13.2. The van der Waals surface area contributed by atoms with Crippen LogP contribution >= 0.6 is 11.8 Å². The summed E-state index contributed by atoms with van der Waals surface area (Å²) in [6.45, 7) is 3.06. The molecule has 2 heterocycles. The highest BCUT2D eigenvalue weighted by molar-refractivity contribution is 8.13. The van der Waals surface area contributed by atoms with E-state index in [0.29, 0.717) is 0 Å². The molecule has 6 nitrogen and oxygen atoms in total. The van der Waals surface area contributed by atoms with E-state index >= 15 is 0 Å². The maximum atomic E-state index is 12.7. The van der Waals surface area contributed by atoms with Gasteiger partial charge in [-0.15, -0.1) is 0 Å². The predicted molar refractivity (Wildman–Crippen MR) is 133 cm³/mol. The Labute approximate surface area is 197 Å². The molecule has 0 spiro atoms. The number of hydrogen-bond donors (Lipinski definition) is 1. The third kappa shape index (κ3) is 6.74. The van der Waals surface area contributed by atoms with Crippen molar-refractivity contribution in [1.29, 1.82) is 0 Å². The number of thioether (sulfide) groups is 1. The lowest BCUT2D eigenvalue weighted by Crippen LogP contribution is -2.63. The van der Waals surface area contributed by atoms with E-state index in [1.165, 1.54) is 56.9 Å². The summed E-state index contributed by atoms with van der Waals surface area (Å²) < 4.78 is 0. The van der Waals surface area contributed by atoms with E-state index in [4.69, 9.17) is 4.99 Å². The summed E-state index contributed by atoms with van der Waals surface area (Å²) in [4.78, 5) is 33.2. The van der Waals surface area contributed by atoms with Crippen LogP contribution in [-0.2, 0) is 10.5 Å². The second-order valence-corrected chi connectivity index (χ2v) is 9.77. The SMILES string of the molecule is CCCCCCCCCCCCN1C(SCc2ccccc2)=NC2C1C(=O)NC(=O)N2C. The second-order valence-electron chi connectivity index (χ2n) is 8.83. The third-order valence-corrected chi connectivity index (χ3v) is 7.36. The van der Waals surface area contributed by atoms with Crippen LogP contribution in [0, 0.1) is 0 Å². The maximum Gasteiger partial charge on any atom is 0.325 e. The fourth-order valence-corrected chi connectivity index (χ4v) is 5.39. The molecule has 2 aliphatic rings. The minimum atomic E-state index is -0.433. The van der Waals surface area contributed by atoms with Gasteiger partial charge in [-0.1, -0.05) is 107 Å². The average molecular weight is 459 g/mol. The van der Waals surface area contributed by atoms with Gasteiger partial charge in [0.1, 0.15) is 0 Å². The van der Waals surface area contributed by atoms with Crippen molar-refractivity contribution in [3.63, 3.8) is 0 Å². The van der Waals surface area contributed by atoms with Crippen molar-refractivity contribution in [2.45, 2.75) is 89.1 Å². The molecule has 0 aromatic heterocycles. The molecule has 2 aliphatic heterocycles. The van der Waals surface area contributed by atoms with E-state index in [1.807, 2.05) is 18.2 Å². The number of urea groups is 1. The number of carbonyl (C=O) groups excluding carboxylic acids is 2. The number of likely N-dealkylation sites (N-methyl/N-ethyl adjacent to an activating group) is 1. The van der Waals surface area contributed by atoms with Crippen molar-refractivity contribution < 1.29 is 9.59 Å². The Bertz CT molecular complexity index is 770. The van der Waals surface area contributed by atoms with Crippen molar-refractivity contribution in [3.05, 3.63) is 35.9 Å². The van der Waals surface area contributed by atoms with Crippen molar-refractivity contribution in [2.75, 3.05) is 13.6 Å². The first-order chi connectivity index (χ1) is 15.6. The summed E-state index contributed by atoms with van der Waals surface area (Å²) >= 11 is 1.66. The fraction of sp³-hybridized carbons (Fsp3) is 0.640. The quantitative estimate of drug-likeness (QED) is 0.403. The molecular weight excluding hydrogens is 420 g/mol. The number of hydrogen-bond acceptors (Lipinski definition) is 5. The van der Waals surface area contributed by atoms with E-state index < -0.39 is 12.2 Å². The molecule has 176 valence electrons. The molecule has 1 aromatic carbocycles. The van der Waals surface area contributed by atoms with Crippen LogP contribution in [0.25, 0.3) is 0 Å². The lowest BCUT2D eigenvalue weighted by molar-refractivity contribution is -0.127. The zero-order valence-corrected chi connectivity index (χ0v) is 20.4. The van der Waals surface area contributed by atoms with E-state index in [9.17, 15) is 9.59 Å². The van der Waals surface area contributed by atoms with Crippen LogP contribution < -0.4 is 5.32 Å². The van der Waals surface area contributed by atoms with Gasteiger partial charge in [-0.2, -0.15) is 0 Å². The number of rotatable bonds is 13. The smallest absolute Gasteiger partial charge is 0.325 e. The highest BCUT2D eigenvalue weighted by Crippen LogP contribution is 2.30. The minimum absolute atomic E-state index is 0.232. The largest absolute Gasteiger partial charge is 0.336 e. The fourth-order valence-electron chi connectivity index (χ4n) is 4.35. The van der Waals surface area contributed by atoms with E-state index in [1.54, 1.807) is 23.7 Å². The molecule has 1 saturated heterocycles. The minimum Gasteiger partial charge on any atom is -0.336 e. The van der Waals surface area contributed by atoms with Crippen molar-refractivity contribution in [3.8, 4) is 0 Å². The van der Waals surface area contributed by atoms with Gasteiger partial charge in [0.05, 0.1) is 0 Å². The van der Waals surface area contributed by atoms with Gasteiger partial charge in [0.2, 0.25) is 0 Å². The molecule has 2 atom stereocenters. The first kappa shape index (κ1) is 24.6. The number of nitrogens with one attached hydrogen (secondary N) is 1. The van der Waals surface area contributed by atoms with Gasteiger partial charge in [0.25, 0.3) is 5.91 Å². The molecular formula is C25H38N4O2S. The Kier molecular flexibility index (Phi) is 9.90. The standard InChI is InChI=1S/C25H38N4O2S/c1-3-4-5-6-7-8-9-10-11-15-18-29-21-22(28(2)24(31)27-23(21)30)26-25(29)32-19-20-16-13-12-14-17-20/h12-14,16-17,21-22H,3-11,15,18-19H2,1-2H3,(H,27,30,31). The summed E-state index contributed by atoms with van der Waals surface area (Å²) in [5.41, 5.74) is 1.22. The topological polar surface area (TPSA) is 65.0 Å². The Morgan fingerprint density at radius 2 is 1.56 bits per heavy atom. The Morgan fingerprint density at radius 1 is 0.938 bits per heavy atom. The summed E-state index contributed by atoms with van der Waals surface area (Å²) in [5, 5.41) is 3.36. The molecule has 1 N–H and O–H groups in total. The highest BCUT2D eigenvalue weighted by Gasteiger charge is 2.48. The van der Waals surface area contributed by atoms with E-state index in [-0.39, 0.29) is 11.9 Å². The van der Waals surface area contributed by atoms with Crippen LogP contribution in [0.2, 0.25) is 0 Å². The number of amidine groups is 1. The zero-order chi connectivity index (χ0) is 22.8. The number of nitrogens with zero attached hydrogens (tertiary/aromatic N) is 3. The monoisotopic (exact) mass is 458 g/mol. The molecule has 32 heavy (non-hydrogen) atoms. The predicted octanol–water partition coefficient (Wildman–Crippen LogP) is 5.39. The van der Waals surface area contributed by atoms with Gasteiger partial charge in [0, 0.05) is 19.3 Å². The Balaban J connectivity index is 1.50. The van der Waals surface area contributed by atoms with Gasteiger partial charge in [0.15, 0.2) is 17.4 Å². The molecule has 0 aliphatic carbocycles. The zero-order valence-electron chi connectivity index (χ0n) is 19.6. The molecule has 0 radical (unpaired) electrons. The molecule has 2 unspecified atom stereocenters. The number of aliphatic imine (C=N–C) groups is 1. The van der Waals surface area contributed by atoms with Crippen LogP contribution in [-0.4, -0.2) is 52.7 Å².